The fourth-order valence-corrected chi connectivity index (χ4v) is 1.59. The van der Waals surface area contributed by atoms with E-state index >= 15 is 0 Å². The molecule has 0 radical (unpaired) electrons. The Morgan fingerprint density at radius 1 is 1.62 bits per heavy atom. The van der Waals surface area contributed by atoms with Crippen molar-refractivity contribution in [3.8, 4) is 6.07 Å². The molecule has 2 aromatic heterocycles. The Morgan fingerprint density at radius 2 is 2.38 bits per heavy atom. The van der Waals surface area contributed by atoms with Crippen LogP contribution in [0.3, 0.4) is 0 Å². The first-order valence-electron chi connectivity index (χ1n) is 4.62. The van der Waals surface area contributed by atoms with Crippen molar-refractivity contribution in [1.29, 1.82) is 5.26 Å². The third-order valence-electron chi connectivity index (χ3n) is 2.36. The summed E-state index contributed by atoms with van der Waals surface area (Å²) < 4.78 is 1.63. The van der Waals surface area contributed by atoms with Gasteiger partial charge in [0.2, 0.25) is 0 Å². The normalized spacial score (nSPS) is 10.2. The third kappa shape index (κ3) is 1.48. The zero-order chi connectivity index (χ0) is 11.7. The molecular formula is C10H8N4O2. The Labute approximate surface area is 90.9 Å². The van der Waals surface area contributed by atoms with Gasteiger partial charge in [0, 0.05) is 12.3 Å². The number of aromatic nitrogens is 2. The van der Waals surface area contributed by atoms with Crippen LogP contribution in [0.15, 0.2) is 18.3 Å². The lowest BCUT2D eigenvalue weighted by Gasteiger charge is -1.99. The summed E-state index contributed by atoms with van der Waals surface area (Å²) in [5.41, 5.74) is 1.80. The molecule has 0 saturated carbocycles. The molecule has 0 amide bonds. The number of aryl methyl sites for hydroxylation is 1. The quantitative estimate of drug-likeness (QED) is 0.564. The van der Waals surface area contributed by atoms with Gasteiger partial charge in [0.05, 0.1) is 28.8 Å². The van der Waals surface area contributed by atoms with Gasteiger partial charge in [-0.05, 0) is 13.0 Å². The molecule has 0 saturated heterocycles. The Bertz CT molecular complexity index is 609. The summed E-state index contributed by atoms with van der Waals surface area (Å²) in [4.78, 5) is 14.5. The van der Waals surface area contributed by atoms with Crippen molar-refractivity contribution in [3.05, 3.63) is 39.8 Å². The molecule has 0 N–H and O–H groups in total. The molecule has 0 spiro atoms. The minimum atomic E-state index is -0.432. The van der Waals surface area contributed by atoms with Crippen molar-refractivity contribution in [2.75, 3.05) is 0 Å². The Balaban J connectivity index is 2.65. The van der Waals surface area contributed by atoms with Gasteiger partial charge in [0.25, 0.3) is 5.69 Å². The smallest absolute Gasteiger partial charge is 0.288 e. The van der Waals surface area contributed by atoms with Crippen LogP contribution in [-0.2, 0) is 6.42 Å². The lowest BCUT2D eigenvalue weighted by molar-refractivity contribution is -0.385. The molecule has 0 aliphatic heterocycles. The molecule has 6 heteroatoms. The SMILES string of the molecule is Cc1c([N+](=O)[O-])ccc2nc(CC#N)cn12. The molecule has 2 aromatic rings. The maximum atomic E-state index is 10.7. The molecule has 0 atom stereocenters. The predicted octanol–water partition coefficient (Wildman–Crippen LogP) is 1.62. The first-order valence-corrected chi connectivity index (χ1v) is 4.62. The molecule has 2 heterocycles. The number of pyridine rings is 1. The van der Waals surface area contributed by atoms with E-state index in [9.17, 15) is 10.1 Å². The second-order valence-electron chi connectivity index (χ2n) is 3.36. The highest BCUT2D eigenvalue weighted by Crippen LogP contribution is 2.19. The van der Waals surface area contributed by atoms with E-state index in [2.05, 4.69) is 4.98 Å². The molecule has 0 aliphatic rings. The van der Waals surface area contributed by atoms with Gasteiger partial charge in [0.1, 0.15) is 5.65 Å². The van der Waals surface area contributed by atoms with Crippen LogP contribution in [0.4, 0.5) is 5.69 Å². The summed E-state index contributed by atoms with van der Waals surface area (Å²) in [6.45, 7) is 1.66. The van der Waals surface area contributed by atoms with Crippen LogP contribution in [0.1, 0.15) is 11.4 Å². The first kappa shape index (κ1) is 10.1. The summed E-state index contributed by atoms with van der Waals surface area (Å²) >= 11 is 0. The molecule has 0 fully saturated rings. The second-order valence-corrected chi connectivity index (χ2v) is 3.36. The van der Waals surface area contributed by atoms with Crippen molar-refractivity contribution in [3.63, 3.8) is 0 Å². The molecule has 80 valence electrons. The number of fused-ring (bicyclic) bond motifs is 1. The Morgan fingerprint density at radius 3 is 3.00 bits per heavy atom. The average Bonchev–Trinajstić information content (AvgIpc) is 2.62. The number of hydrogen-bond acceptors (Lipinski definition) is 4. The number of rotatable bonds is 2. The lowest BCUT2D eigenvalue weighted by Crippen LogP contribution is -1.97. The van der Waals surface area contributed by atoms with Gasteiger partial charge in [0.15, 0.2) is 0 Å². The molecule has 0 aromatic carbocycles. The number of nitro groups is 1. The van der Waals surface area contributed by atoms with E-state index in [1.165, 1.54) is 6.07 Å². The van der Waals surface area contributed by atoms with E-state index in [0.717, 1.165) is 0 Å². The van der Waals surface area contributed by atoms with Crippen LogP contribution in [0.25, 0.3) is 5.65 Å². The molecule has 0 aliphatic carbocycles. The third-order valence-corrected chi connectivity index (χ3v) is 2.36. The van der Waals surface area contributed by atoms with Crippen molar-refractivity contribution < 1.29 is 4.92 Å². The number of hydrogen-bond donors (Lipinski definition) is 0. The van der Waals surface area contributed by atoms with Gasteiger partial charge < -0.3 is 0 Å². The van der Waals surface area contributed by atoms with Crippen LogP contribution < -0.4 is 0 Å². The van der Waals surface area contributed by atoms with Crippen molar-refractivity contribution in [2.45, 2.75) is 13.3 Å². The van der Waals surface area contributed by atoms with E-state index in [1.807, 2.05) is 6.07 Å². The molecule has 16 heavy (non-hydrogen) atoms. The van der Waals surface area contributed by atoms with Crippen LogP contribution in [-0.4, -0.2) is 14.3 Å². The summed E-state index contributed by atoms with van der Waals surface area (Å²) in [5.74, 6) is 0. The van der Waals surface area contributed by atoms with Gasteiger partial charge in [-0.3, -0.25) is 14.5 Å². The topological polar surface area (TPSA) is 84.2 Å². The summed E-state index contributed by atoms with van der Waals surface area (Å²) in [6, 6.07) is 4.99. The number of nitriles is 1. The monoisotopic (exact) mass is 216 g/mol. The minimum Gasteiger partial charge on any atom is -0.297 e. The van der Waals surface area contributed by atoms with E-state index < -0.39 is 4.92 Å². The zero-order valence-corrected chi connectivity index (χ0v) is 8.54. The van der Waals surface area contributed by atoms with Crippen LogP contribution >= 0.6 is 0 Å². The maximum Gasteiger partial charge on any atom is 0.288 e. The van der Waals surface area contributed by atoms with Gasteiger partial charge in [-0.15, -0.1) is 0 Å². The fraction of sp³-hybridized carbons (Fsp3) is 0.200. The maximum absolute atomic E-state index is 10.7. The highest BCUT2D eigenvalue weighted by molar-refractivity contribution is 5.49. The zero-order valence-electron chi connectivity index (χ0n) is 8.54. The predicted molar refractivity (Wildman–Crippen MR) is 55.9 cm³/mol. The molecular weight excluding hydrogens is 208 g/mol. The number of imidazole rings is 1. The van der Waals surface area contributed by atoms with E-state index in [4.69, 9.17) is 5.26 Å². The molecule has 2 rings (SSSR count). The minimum absolute atomic E-state index is 0.0495. The van der Waals surface area contributed by atoms with E-state index in [-0.39, 0.29) is 12.1 Å². The van der Waals surface area contributed by atoms with E-state index in [1.54, 1.807) is 23.6 Å². The molecule has 6 nitrogen and oxygen atoms in total. The van der Waals surface area contributed by atoms with Gasteiger partial charge in [-0.25, -0.2) is 4.98 Å². The lowest BCUT2D eigenvalue weighted by atomic mass is 10.3. The molecule has 0 bridgehead atoms. The van der Waals surface area contributed by atoms with Crippen molar-refractivity contribution in [2.24, 2.45) is 0 Å². The van der Waals surface area contributed by atoms with Crippen LogP contribution in [0, 0.1) is 28.4 Å². The van der Waals surface area contributed by atoms with Crippen molar-refractivity contribution in [1.82, 2.24) is 9.38 Å². The Kier molecular flexibility index (Phi) is 2.29. The van der Waals surface area contributed by atoms with Crippen LogP contribution in [0.5, 0.6) is 0 Å². The molecule has 0 unspecified atom stereocenters. The highest BCUT2D eigenvalue weighted by Gasteiger charge is 2.14. The second kappa shape index (κ2) is 3.62. The largest absolute Gasteiger partial charge is 0.297 e. The van der Waals surface area contributed by atoms with Crippen LogP contribution in [0.2, 0.25) is 0 Å². The summed E-state index contributed by atoms with van der Waals surface area (Å²) in [7, 11) is 0. The summed E-state index contributed by atoms with van der Waals surface area (Å²) in [5, 5.41) is 19.3. The fourth-order valence-electron chi connectivity index (χ4n) is 1.59. The van der Waals surface area contributed by atoms with Gasteiger partial charge >= 0.3 is 0 Å². The van der Waals surface area contributed by atoms with Gasteiger partial charge in [-0.2, -0.15) is 5.26 Å². The van der Waals surface area contributed by atoms with Gasteiger partial charge in [-0.1, -0.05) is 0 Å². The first-order chi connectivity index (χ1) is 7.63. The van der Waals surface area contributed by atoms with E-state index in [0.29, 0.717) is 17.0 Å². The standard InChI is InChI=1S/C10H8N4O2/c1-7-9(14(15)16)2-3-10-12-8(4-5-11)6-13(7)10/h2-3,6H,4H2,1H3. The summed E-state index contributed by atoms with van der Waals surface area (Å²) in [6.07, 6.45) is 1.86. The Hall–Kier alpha value is -2.42. The highest BCUT2D eigenvalue weighted by atomic mass is 16.6. The average molecular weight is 216 g/mol. The number of nitrogens with zero attached hydrogens (tertiary/aromatic N) is 4. The van der Waals surface area contributed by atoms with Crippen molar-refractivity contribution >= 4 is 11.3 Å².